The van der Waals surface area contributed by atoms with Crippen molar-refractivity contribution < 1.29 is 14.0 Å². The molecule has 1 aromatic heterocycles. The number of rotatable bonds is 6. The Morgan fingerprint density at radius 1 is 0.926 bits per heavy atom. The monoisotopic (exact) mass is 420 g/mol. The zero-order valence-electron chi connectivity index (χ0n) is 13.9. The van der Waals surface area contributed by atoms with Crippen molar-refractivity contribution in [3.63, 3.8) is 0 Å². The molecule has 27 heavy (non-hydrogen) atoms. The molecule has 138 valence electrons. The average Bonchev–Trinajstić information content (AvgIpc) is 3.18. The van der Waals surface area contributed by atoms with Crippen LogP contribution in [-0.2, 0) is 4.79 Å². The van der Waals surface area contributed by atoms with Crippen LogP contribution in [0, 0.1) is 0 Å². The molecule has 8 heteroatoms. The molecule has 2 amide bonds. The summed E-state index contributed by atoms with van der Waals surface area (Å²) in [6.45, 7) is 0. The van der Waals surface area contributed by atoms with E-state index in [1.807, 2.05) is 6.07 Å². The predicted octanol–water partition coefficient (Wildman–Crippen LogP) is 5.57. The van der Waals surface area contributed by atoms with Gasteiger partial charge in [0.2, 0.25) is 5.91 Å². The minimum Gasteiger partial charge on any atom is -0.459 e. The normalized spacial score (nSPS) is 10.4. The van der Waals surface area contributed by atoms with Crippen molar-refractivity contribution in [2.24, 2.45) is 0 Å². The Hall–Kier alpha value is -2.41. The third kappa shape index (κ3) is 5.53. The Morgan fingerprint density at radius 2 is 1.74 bits per heavy atom. The molecule has 0 fully saturated rings. The van der Waals surface area contributed by atoms with Crippen molar-refractivity contribution in [2.45, 2.75) is 4.90 Å². The van der Waals surface area contributed by atoms with E-state index < -0.39 is 0 Å². The third-order valence-corrected chi connectivity index (χ3v) is 5.14. The van der Waals surface area contributed by atoms with Crippen molar-refractivity contribution in [2.75, 3.05) is 16.4 Å². The van der Waals surface area contributed by atoms with Gasteiger partial charge in [-0.25, -0.2) is 0 Å². The smallest absolute Gasteiger partial charge is 0.291 e. The standard InChI is InChI=1S/C19H14Cl2N2O3S/c20-15-7-6-13(10-16(15)21)22-18(24)11-27-14-4-1-3-12(9-14)23-19(25)17-5-2-8-26-17/h1-10H,11H2,(H,22,24)(H,23,25). The van der Waals surface area contributed by atoms with E-state index in [9.17, 15) is 9.59 Å². The Bertz CT molecular complexity index is 961. The summed E-state index contributed by atoms with van der Waals surface area (Å²) < 4.78 is 5.06. The van der Waals surface area contributed by atoms with E-state index in [4.69, 9.17) is 27.6 Å². The molecule has 0 aliphatic carbocycles. The summed E-state index contributed by atoms with van der Waals surface area (Å²) in [5, 5.41) is 6.32. The third-order valence-electron chi connectivity index (χ3n) is 3.41. The SMILES string of the molecule is O=C(CSc1cccc(NC(=O)c2ccco2)c1)Nc1ccc(Cl)c(Cl)c1. The quantitative estimate of drug-likeness (QED) is 0.511. The highest BCUT2D eigenvalue weighted by Crippen LogP contribution is 2.26. The minimum absolute atomic E-state index is 0.177. The van der Waals surface area contributed by atoms with E-state index in [2.05, 4.69) is 10.6 Å². The lowest BCUT2D eigenvalue weighted by Gasteiger charge is -2.08. The number of halogens is 2. The summed E-state index contributed by atoms with van der Waals surface area (Å²) in [7, 11) is 0. The van der Waals surface area contributed by atoms with E-state index in [0.29, 0.717) is 21.4 Å². The van der Waals surface area contributed by atoms with Gasteiger partial charge < -0.3 is 15.1 Å². The highest BCUT2D eigenvalue weighted by molar-refractivity contribution is 8.00. The lowest BCUT2D eigenvalue weighted by atomic mass is 10.3. The van der Waals surface area contributed by atoms with E-state index in [-0.39, 0.29) is 23.3 Å². The van der Waals surface area contributed by atoms with Gasteiger partial charge in [-0.1, -0.05) is 29.3 Å². The van der Waals surface area contributed by atoms with Gasteiger partial charge in [-0.3, -0.25) is 9.59 Å². The van der Waals surface area contributed by atoms with Crippen molar-refractivity contribution >= 4 is 58.2 Å². The second-order valence-corrected chi connectivity index (χ2v) is 7.29. The van der Waals surface area contributed by atoms with Crippen LogP contribution in [0.5, 0.6) is 0 Å². The zero-order chi connectivity index (χ0) is 19.2. The molecule has 5 nitrogen and oxygen atoms in total. The van der Waals surface area contributed by atoms with E-state index in [0.717, 1.165) is 4.90 Å². The number of benzene rings is 2. The summed E-state index contributed by atoms with van der Waals surface area (Å²) in [6.07, 6.45) is 1.44. The highest BCUT2D eigenvalue weighted by atomic mass is 35.5. The van der Waals surface area contributed by atoms with Crippen LogP contribution in [0.3, 0.4) is 0 Å². The predicted molar refractivity (Wildman–Crippen MR) is 109 cm³/mol. The Morgan fingerprint density at radius 3 is 2.48 bits per heavy atom. The lowest BCUT2D eigenvalue weighted by Crippen LogP contribution is -2.14. The first kappa shape index (κ1) is 19.4. The molecule has 3 aromatic rings. The Kier molecular flexibility index (Phi) is 6.45. The van der Waals surface area contributed by atoms with Gasteiger partial charge in [0.05, 0.1) is 22.1 Å². The second-order valence-electron chi connectivity index (χ2n) is 5.42. The molecule has 0 spiro atoms. The van der Waals surface area contributed by atoms with Crippen molar-refractivity contribution in [1.82, 2.24) is 0 Å². The highest BCUT2D eigenvalue weighted by Gasteiger charge is 2.10. The van der Waals surface area contributed by atoms with Gasteiger partial charge in [-0.15, -0.1) is 11.8 Å². The van der Waals surface area contributed by atoms with Crippen LogP contribution in [0.2, 0.25) is 10.0 Å². The maximum atomic E-state index is 12.1. The summed E-state index contributed by atoms with van der Waals surface area (Å²) in [4.78, 5) is 25.0. The molecule has 1 heterocycles. The van der Waals surface area contributed by atoms with E-state index in [1.54, 1.807) is 48.5 Å². The fourth-order valence-corrected chi connectivity index (χ4v) is 3.24. The molecule has 0 atom stereocenters. The number of hydrogen-bond acceptors (Lipinski definition) is 4. The molecule has 2 N–H and O–H groups in total. The molecular formula is C19H14Cl2N2O3S. The topological polar surface area (TPSA) is 71.3 Å². The average molecular weight is 421 g/mol. The summed E-state index contributed by atoms with van der Waals surface area (Å²) in [6, 6.07) is 15.3. The van der Waals surface area contributed by atoms with Crippen molar-refractivity contribution in [3.8, 4) is 0 Å². The fourth-order valence-electron chi connectivity index (χ4n) is 2.18. The first-order valence-corrected chi connectivity index (χ1v) is 9.58. The molecule has 0 saturated heterocycles. The van der Waals surface area contributed by atoms with Crippen molar-refractivity contribution in [3.05, 3.63) is 76.7 Å². The van der Waals surface area contributed by atoms with Gasteiger partial charge >= 0.3 is 0 Å². The number of carbonyl (C=O) groups is 2. The van der Waals surface area contributed by atoms with Crippen LogP contribution < -0.4 is 10.6 Å². The number of thioether (sulfide) groups is 1. The molecule has 3 rings (SSSR count). The van der Waals surface area contributed by atoms with Crippen LogP contribution in [0.15, 0.2) is 70.2 Å². The van der Waals surface area contributed by atoms with Gasteiger partial charge in [0, 0.05) is 16.3 Å². The first-order valence-electron chi connectivity index (χ1n) is 7.84. The van der Waals surface area contributed by atoms with Crippen LogP contribution in [0.4, 0.5) is 11.4 Å². The first-order chi connectivity index (χ1) is 13.0. The number of furan rings is 1. The minimum atomic E-state index is -0.334. The van der Waals surface area contributed by atoms with Gasteiger partial charge in [0.15, 0.2) is 5.76 Å². The summed E-state index contributed by atoms with van der Waals surface area (Å²) in [5.41, 5.74) is 1.20. The number of nitrogens with one attached hydrogen (secondary N) is 2. The van der Waals surface area contributed by atoms with Crippen LogP contribution >= 0.6 is 35.0 Å². The molecule has 0 aliphatic rings. The van der Waals surface area contributed by atoms with E-state index in [1.165, 1.54) is 18.0 Å². The van der Waals surface area contributed by atoms with E-state index >= 15 is 0 Å². The van der Waals surface area contributed by atoms with Gasteiger partial charge in [-0.05, 0) is 48.5 Å². The molecule has 2 aromatic carbocycles. The Labute approximate surface area is 170 Å². The zero-order valence-corrected chi connectivity index (χ0v) is 16.2. The van der Waals surface area contributed by atoms with Crippen LogP contribution in [-0.4, -0.2) is 17.6 Å². The molecule has 0 unspecified atom stereocenters. The van der Waals surface area contributed by atoms with Gasteiger partial charge in [-0.2, -0.15) is 0 Å². The maximum Gasteiger partial charge on any atom is 0.291 e. The largest absolute Gasteiger partial charge is 0.459 e. The maximum absolute atomic E-state index is 12.1. The number of hydrogen-bond donors (Lipinski definition) is 2. The molecule has 0 radical (unpaired) electrons. The number of amides is 2. The van der Waals surface area contributed by atoms with Crippen LogP contribution in [0.1, 0.15) is 10.6 Å². The van der Waals surface area contributed by atoms with Gasteiger partial charge in [0.25, 0.3) is 5.91 Å². The molecule has 0 saturated carbocycles. The summed E-state index contributed by atoms with van der Waals surface area (Å²) >= 11 is 13.1. The Balaban J connectivity index is 1.55. The van der Waals surface area contributed by atoms with Crippen LogP contribution in [0.25, 0.3) is 0 Å². The number of carbonyl (C=O) groups excluding carboxylic acids is 2. The van der Waals surface area contributed by atoms with Gasteiger partial charge in [0.1, 0.15) is 0 Å². The number of anilines is 2. The molecular weight excluding hydrogens is 407 g/mol. The molecule has 0 bridgehead atoms. The molecule has 0 aliphatic heterocycles. The fraction of sp³-hybridized carbons (Fsp3) is 0.0526. The lowest BCUT2D eigenvalue weighted by molar-refractivity contribution is -0.113. The summed E-state index contributed by atoms with van der Waals surface area (Å²) in [5.74, 6) is -0.0764. The van der Waals surface area contributed by atoms with Crippen molar-refractivity contribution in [1.29, 1.82) is 0 Å². The second kappa shape index (κ2) is 8.99.